The van der Waals surface area contributed by atoms with Crippen LogP contribution in [0.2, 0.25) is 0 Å². The molecule has 1 aromatic heterocycles. The van der Waals surface area contributed by atoms with Crippen molar-refractivity contribution in [2.24, 2.45) is 5.92 Å². The number of amides is 3. The average molecular weight is 402 g/mol. The quantitative estimate of drug-likeness (QED) is 0.704. The minimum atomic E-state index is -0.741. The number of hydrogen-bond donors (Lipinski definition) is 0. The van der Waals surface area contributed by atoms with E-state index in [1.807, 2.05) is 24.0 Å². The number of ether oxygens (including phenoxy) is 1. The fourth-order valence-corrected chi connectivity index (χ4v) is 4.70. The number of aromatic nitrogens is 2. The predicted molar refractivity (Wildman–Crippen MR) is 109 cm³/mol. The lowest BCUT2D eigenvalue weighted by atomic mass is 9.85. The number of nitrogens with zero attached hydrogens (tertiary/aromatic N) is 5. The summed E-state index contributed by atoms with van der Waals surface area (Å²) in [6, 6.07) is 3.77. The summed E-state index contributed by atoms with van der Waals surface area (Å²) in [5, 5.41) is 8.43. The number of imide groups is 1. The molecule has 3 aliphatic rings. The normalized spacial score (nSPS) is 24.4. The monoisotopic (exact) mass is 401 g/mol. The molecular weight excluding hydrogens is 370 g/mol. The highest BCUT2D eigenvalue weighted by Crippen LogP contribution is 2.39. The highest BCUT2D eigenvalue weighted by Gasteiger charge is 2.58. The number of anilines is 1. The Labute approximate surface area is 172 Å². The molecule has 1 aromatic rings. The van der Waals surface area contributed by atoms with Gasteiger partial charge in [0.05, 0.1) is 18.3 Å². The Morgan fingerprint density at radius 3 is 2.55 bits per heavy atom. The van der Waals surface area contributed by atoms with E-state index in [1.54, 1.807) is 0 Å². The molecule has 3 saturated heterocycles. The molecule has 0 saturated carbocycles. The minimum absolute atomic E-state index is 0.0260. The summed E-state index contributed by atoms with van der Waals surface area (Å²) in [5.74, 6) is 1.08. The molecule has 3 fully saturated rings. The number of aryl methyl sites for hydroxylation is 1. The molecule has 3 amide bonds. The largest absolute Gasteiger partial charge is 0.376 e. The van der Waals surface area contributed by atoms with Gasteiger partial charge in [-0.1, -0.05) is 13.8 Å². The third kappa shape index (κ3) is 3.70. The molecule has 4 rings (SSSR count). The van der Waals surface area contributed by atoms with Crippen LogP contribution in [-0.4, -0.2) is 76.4 Å². The van der Waals surface area contributed by atoms with Crippen molar-refractivity contribution in [3.8, 4) is 0 Å². The maximum Gasteiger partial charge on any atom is 0.327 e. The van der Waals surface area contributed by atoms with E-state index < -0.39 is 5.54 Å². The first-order valence-electron chi connectivity index (χ1n) is 10.7. The summed E-state index contributed by atoms with van der Waals surface area (Å²) in [4.78, 5) is 32.2. The number of piperidine rings is 1. The number of urea groups is 1. The highest BCUT2D eigenvalue weighted by atomic mass is 16.5. The van der Waals surface area contributed by atoms with Gasteiger partial charge >= 0.3 is 6.03 Å². The number of rotatable bonds is 5. The van der Waals surface area contributed by atoms with Crippen LogP contribution < -0.4 is 4.90 Å². The molecule has 0 aromatic carbocycles. The van der Waals surface area contributed by atoms with Crippen LogP contribution in [0.4, 0.5) is 10.6 Å². The molecule has 158 valence electrons. The topological polar surface area (TPSA) is 78.9 Å². The fraction of sp³-hybridized carbons (Fsp3) is 0.714. The Hall–Kier alpha value is -2.22. The SMILES string of the molecule is Cc1ccc(N2CCC3(CC2)C(=O)N(CC2CCCO2)C(=O)N3CC(C)C)nn1. The van der Waals surface area contributed by atoms with Crippen molar-refractivity contribution in [2.75, 3.05) is 37.7 Å². The van der Waals surface area contributed by atoms with Gasteiger partial charge < -0.3 is 14.5 Å². The van der Waals surface area contributed by atoms with Gasteiger partial charge in [-0.15, -0.1) is 5.10 Å². The maximum absolute atomic E-state index is 13.5. The van der Waals surface area contributed by atoms with E-state index in [9.17, 15) is 9.59 Å². The van der Waals surface area contributed by atoms with Gasteiger partial charge in [0.2, 0.25) is 0 Å². The molecule has 8 heteroatoms. The summed E-state index contributed by atoms with van der Waals surface area (Å²) >= 11 is 0. The molecule has 4 heterocycles. The van der Waals surface area contributed by atoms with Crippen molar-refractivity contribution in [2.45, 2.75) is 58.1 Å². The van der Waals surface area contributed by atoms with Crippen LogP contribution in [0.3, 0.4) is 0 Å². The lowest BCUT2D eigenvalue weighted by Crippen LogP contribution is -2.57. The van der Waals surface area contributed by atoms with Crippen molar-refractivity contribution < 1.29 is 14.3 Å². The lowest BCUT2D eigenvalue weighted by Gasteiger charge is -2.43. The second-order valence-electron chi connectivity index (χ2n) is 8.89. The summed E-state index contributed by atoms with van der Waals surface area (Å²) in [7, 11) is 0. The van der Waals surface area contributed by atoms with Crippen molar-refractivity contribution in [1.29, 1.82) is 0 Å². The molecule has 29 heavy (non-hydrogen) atoms. The molecule has 0 N–H and O–H groups in total. The summed E-state index contributed by atoms with van der Waals surface area (Å²) in [6.07, 6.45) is 3.11. The Morgan fingerprint density at radius 1 is 1.21 bits per heavy atom. The third-order valence-electron chi connectivity index (χ3n) is 6.28. The molecule has 1 unspecified atom stereocenters. The van der Waals surface area contributed by atoms with Gasteiger partial charge in [-0.2, -0.15) is 5.10 Å². The van der Waals surface area contributed by atoms with Crippen LogP contribution in [0, 0.1) is 12.8 Å². The zero-order valence-electron chi connectivity index (χ0n) is 17.6. The van der Waals surface area contributed by atoms with Crippen LogP contribution in [0.25, 0.3) is 0 Å². The molecule has 3 aliphatic heterocycles. The molecule has 8 nitrogen and oxygen atoms in total. The zero-order valence-corrected chi connectivity index (χ0v) is 17.6. The second kappa shape index (κ2) is 7.89. The van der Waals surface area contributed by atoms with E-state index in [1.165, 1.54) is 4.90 Å². The molecule has 1 spiro atoms. The second-order valence-corrected chi connectivity index (χ2v) is 8.89. The molecule has 0 radical (unpaired) electrons. The van der Waals surface area contributed by atoms with Gasteiger partial charge in [0, 0.05) is 26.2 Å². The summed E-state index contributed by atoms with van der Waals surface area (Å²) in [5.41, 5.74) is 0.140. The first-order valence-corrected chi connectivity index (χ1v) is 10.7. The predicted octanol–water partition coefficient (Wildman–Crippen LogP) is 2.22. The Morgan fingerprint density at radius 2 is 1.97 bits per heavy atom. The molecular formula is C21H31N5O3. The molecule has 0 aliphatic carbocycles. The first kappa shape index (κ1) is 20.1. The maximum atomic E-state index is 13.5. The van der Waals surface area contributed by atoms with Gasteiger partial charge in [-0.3, -0.25) is 9.69 Å². The number of hydrogen-bond acceptors (Lipinski definition) is 6. The van der Waals surface area contributed by atoms with Gasteiger partial charge in [0.25, 0.3) is 5.91 Å². The summed E-state index contributed by atoms with van der Waals surface area (Å²) < 4.78 is 5.70. The van der Waals surface area contributed by atoms with Crippen molar-refractivity contribution >= 4 is 17.8 Å². The lowest BCUT2D eigenvalue weighted by molar-refractivity contribution is -0.135. The molecule has 1 atom stereocenters. The van der Waals surface area contributed by atoms with Gasteiger partial charge in [0.15, 0.2) is 5.82 Å². The van der Waals surface area contributed by atoms with Crippen LogP contribution in [0.1, 0.15) is 45.2 Å². The van der Waals surface area contributed by atoms with Crippen LogP contribution in [-0.2, 0) is 9.53 Å². The molecule has 0 bridgehead atoms. The zero-order chi connectivity index (χ0) is 20.6. The van der Waals surface area contributed by atoms with Gasteiger partial charge in [-0.05, 0) is 50.7 Å². The average Bonchev–Trinajstić information content (AvgIpc) is 3.28. The van der Waals surface area contributed by atoms with E-state index >= 15 is 0 Å². The highest BCUT2D eigenvalue weighted by molar-refractivity contribution is 6.07. The number of carbonyl (C=O) groups excluding carboxylic acids is 2. The van der Waals surface area contributed by atoms with E-state index in [-0.39, 0.29) is 18.0 Å². The van der Waals surface area contributed by atoms with E-state index in [4.69, 9.17) is 4.74 Å². The fourth-order valence-electron chi connectivity index (χ4n) is 4.70. The van der Waals surface area contributed by atoms with Crippen LogP contribution in [0.15, 0.2) is 12.1 Å². The van der Waals surface area contributed by atoms with Gasteiger partial charge in [-0.25, -0.2) is 4.79 Å². The number of carbonyl (C=O) groups is 2. The van der Waals surface area contributed by atoms with E-state index in [2.05, 4.69) is 28.9 Å². The van der Waals surface area contributed by atoms with Crippen LogP contribution in [0.5, 0.6) is 0 Å². The van der Waals surface area contributed by atoms with Gasteiger partial charge in [0.1, 0.15) is 5.54 Å². The minimum Gasteiger partial charge on any atom is -0.376 e. The van der Waals surface area contributed by atoms with Crippen molar-refractivity contribution in [3.63, 3.8) is 0 Å². The standard InChI is InChI=1S/C21H31N5O3/c1-15(2)13-26-20(28)25(14-17-5-4-12-29-17)19(27)21(26)8-10-24(11-9-21)18-7-6-16(3)22-23-18/h6-7,15,17H,4-5,8-14H2,1-3H3. The van der Waals surface area contributed by atoms with Crippen LogP contribution >= 0.6 is 0 Å². The first-order chi connectivity index (χ1) is 13.9. The Kier molecular flexibility index (Phi) is 5.46. The van der Waals surface area contributed by atoms with E-state index in [0.29, 0.717) is 51.5 Å². The van der Waals surface area contributed by atoms with Crippen molar-refractivity contribution in [3.05, 3.63) is 17.8 Å². The smallest absolute Gasteiger partial charge is 0.327 e. The van der Waals surface area contributed by atoms with E-state index in [0.717, 1.165) is 24.4 Å². The third-order valence-corrected chi connectivity index (χ3v) is 6.28. The Balaban J connectivity index is 1.53. The Bertz CT molecular complexity index is 752. The summed E-state index contributed by atoms with van der Waals surface area (Å²) in [6.45, 7) is 9.14. The van der Waals surface area contributed by atoms with Crippen molar-refractivity contribution in [1.82, 2.24) is 20.0 Å².